The Morgan fingerprint density at radius 2 is 1.65 bits per heavy atom. The highest BCUT2D eigenvalue weighted by atomic mass is 32.2. The molecule has 0 spiro atoms. The lowest BCUT2D eigenvalue weighted by molar-refractivity contribution is -0.122. The fourth-order valence-electron chi connectivity index (χ4n) is 3.66. The van der Waals surface area contributed by atoms with Crippen LogP contribution in [0.2, 0.25) is 0 Å². The van der Waals surface area contributed by atoms with Gasteiger partial charge in [0.15, 0.2) is 0 Å². The van der Waals surface area contributed by atoms with Gasteiger partial charge in [-0.1, -0.05) is 64.1 Å². The number of rotatable bonds is 7. The molecule has 170 valence electrons. The summed E-state index contributed by atoms with van der Waals surface area (Å²) < 4.78 is 26.7. The zero-order valence-corrected chi connectivity index (χ0v) is 20.8. The van der Waals surface area contributed by atoms with Crippen LogP contribution < -0.4 is 9.62 Å². The van der Waals surface area contributed by atoms with Gasteiger partial charge in [0.2, 0.25) is 15.9 Å². The van der Waals surface area contributed by atoms with E-state index in [0.717, 1.165) is 22.9 Å². The second kappa shape index (κ2) is 9.43. The van der Waals surface area contributed by atoms with Crippen LogP contribution in [0, 0.1) is 13.8 Å². The van der Waals surface area contributed by atoms with Crippen LogP contribution in [0.4, 0.5) is 5.69 Å². The zero-order valence-electron chi connectivity index (χ0n) is 20.0. The first-order valence-corrected chi connectivity index (χ1v) is 12.6. The van der Waals surface area contributed by atoms with Gasteiger partial charge in [-0.05, 0) is 60.9 Å². The molecule has 0 heterocycles. The molecule has 0 saturated heterocycles. The highest BCUT2D eigenvalue weighted by Crippen LogP contribution is 2.28. The van der Waals surface area contributed by atoms with Crippen molar-refractivity contribution in [3.05, 3.63) is 64.7 Å². The van der Waals surface area contributed by atoms with E-state index >= 15 is 0 Å². The Balaban J connectivity index is 2.32. The summed E-state index contributed by atoms with van der Waals surface area (Å²) >= 11 is 0. The van der Waals surface area contributed by atoms with Crippen molar-refractivity contribution >= 4 is 21.6 Å². The molecule has 2 aromatic carbocycles. The van der Waals surface area contributed by atoms with Crippen LogP contribution in [-0.4, -0.2) is 26.6 Å². The predicted octanol–water partition coefficient (Wildman–Crippen LogP) is 5.02. The minimum atomic E-state index is -3.66. The summed E-state index contributed by atoms with van der Waals surface area (Å²) in [6.07, 6.45) is 1.52. The average molecular weight is 445 g/mol. The fourth-order valence-corrected chi connectivity index (χ4v) is 4.92. The van der Waals surface area contributed by atoms with E-state index in [4.69, 9.17) is 0 Å². The maximum absolute atomic E-state index is 13.2. The van der Waals surface area contributed by atoms with Crippen molar-refractivity contribution in [2.75, 3.05) is 10.6 Å². The van der Waals surface area contributed by atoms with Crippen LogP contribution in [-0.2, 0) is 20.2 Å². The van der Waals surface area contributed by atoms with Gasteiger partial charge in [-0.15, -0.1) is 0 Å². The Bertz CT molecular complexity index is 1020. The topological polar surface area (TPSA) is 66.5 Å². The fraction of sp³-hybridized carbons (Fsp3) is 0.480. The monoisotopic (exact) mass is 444 g/mol. The number of hydrogen-bond donors (Lipinski definition) is 1. The van der Waals surface area contributed by atoms with Crippen LogP contribution >= 0.6 is 0 Å². The summed E-state index contributed by atoms with van der Waals surface area (Å²) in [6, 6.07) is 12.8. The Labute approximate surface area is 187 Å². The summed E-state index contributed by atoms with van der Waals surface area (Å²) in [5, 5.41) is 3.02. The average Bonchev–Trinajstić information content (AvgIpc) is 2.66. The number of carbonyl (C=O) groups excluding carboxylic acids is 1. The maximum Gasteiger partial charge on any atom is 0.244 e. The second-order valence-corrected chi connectivity index (χ2v) is 11.2. The number of nitrogens with one attached hydrogen (secondary N) is 1. The SMILES string of the molecule is CCC(C(=O)NC(C)c1ccc(C(C)(C)C)cc1)N(c1cc(C)ccc1C)S(C)(=O)=O. The van der Waals surface area contributed by atoms with Crippen molar-refractivity contribution in [3.63, 3.8) is 0 Å². The van der Waals surface area contributed by atoms with Gasteiger partial charge in [-0.2, -0.15) is 0 Å². The van der Waals surface area contributed by atoms with Crippen LogP contribution in [0.25, 0.3) is 0 Å². The third-order valence-corrected chi connectivity index (χ3v) is 6.73. The van der Waals surface area contributed by atoms with E-state index in [1.165, 1.54) is 9.87 Å². The number of benzene rings is 2. The van der Waals surface area contributed by atoms with E-state index in [1.807, 2.05) is 58.0 Å². The molecule has 1 N–H and O–H groups in total. The highest BCUT2D eigenvalue weighted by Gasteiger charge is 2.33. The Hall–Kier alpha value is -2.34. The van der Waals surface area contributed by atoms with Crippen molar-refractivity contribution in [2.24, 2.45) is 0 Å². The molecular weight excluding hydrogens is 408 g/mol. The van der Waals surface area contributed by atoms with E-state index < -0.39 is 16.1 Å². The molecule has 0 saturated carbocycles. The van der Waals surface area contributed by atoms with E-state index in [2.05, 4.69) is 38.2 Å². The van der Waals surface area contributed by atoms with E-state index in [0.29, 0.717) is 12.1 Å². The first-order valence-electron chi connectivity index (χ1n) is 10.7. The number of sulfonamides is 1. The van der Waals surface area contributed by atoms with Gasteiger partial charge < -0.3 is 5.32 Å². The summed E-state index contributed by atoms with van der Waals surface area (Å²) in [6.45, 7) is 14.0. The molecule has 0 bridgehead atoms. The molecule has 2 unspecified atom stereocenters. The Morgan fingerprint density at radius 1 is 1.06 bits per heavy atom. The molecule has 1 amide bonds. The van der Waals surface area contributed by atoms with Crippen molar-refractivity contribution in [1.82, 2.24) is 5.32 Å². The molecule has 0 fully saturated rings. The first-order chi connectivity index (χ1) is 14.3. The molecule has 0 aliphatic rings. The first kappa shape index (κ1) is 24.9. The number of hydrogen-bond acceptors (Lipinski definition) is 3. The Kier molecular flexibility index (Phi) is 7.58. The minimum Gasteiger partial charge on any atom is -0.348 e. The second-order valence-electron chi connectivity index (χ2n) is 9.38. The largest absolute Gasteiger partial charge is 0.348 e. The van der Waals surface area contributed by atoms with Gasteiger partial charge >= 0.3 is 0 Å². The molecule has 31 heavy (non-hydrogen) atoms. The molecule has 0 radical (unpaired) electrons. The van der Waals surface area contributed by atoms with E-state index in [-0.39, 0.29) is 17.4 Å². The number of nitrogens with zero attached hydrogens (tertiary/aromatic N) is 1. The van der Waals surface area contributed by atoms with Crippen LogP contribution in [0.1, 0.15) is 69.3 Å². The van der Waals surface area contributed by atoms with Crippen molar-refractivity contribution in [2.45, 2.75) is 72.4 Å². The Morgan fingerprint density at radius 3 is 2.13 bits per heavy atom. The molecule has 5 nitrogen and oxygen atoms in total. The molecule has 6 heteroatoms. The zero-order chi connectivity index (χ0) is 23.6. The molecule has 0 aliphatic heterocycles. The minimum absolute atomic E-state index is 0.0555. The molecule has 2 aromatic rings. The molecule has 2 rings (SSSR count). The molecule has 0 aliphatic carbocycles. The van der Waals surface area contributed by atoms with Gasteiger partial charge in [-0.3, -0.25) is 9.10 Å². The summed E-state index contributed by atoms with van der Waals surface area (Å²) in [7, 11) is -3.66. The third-order valence-electron chi connectivity index (χ3n) is 5.57. The molecular formula is C25H36N2O3S. The van der Waals surface area contributed by atoms with Gasteiger partial charge in [-0.25, -0.2) is 8.42 Å². The lowest BCUT2D eigenvalue weighted by Gasteiger charge is -2.32. The third kappa shape index (κ3) is 6.10. The van der Waals surface area contributed by atoms with Gasteiger partial charge in [0.05, 0.1) is 18.0 Å². The van der Waals surface area contributed by atoms with Crippen LogP contribution in [0.5, 0.6) is 0 Å². The van der Waals surface area contributed by atoms with Gasteiger partial charge in [0, 0.05) is 0 Å². The number of carbonyl (C=O) groups is 1. The van der Waals surface area contributed by atoms with E-state index in [1.54, 1.807) is 0 Å². The molecule has 0 aromatic heterocycles. The van der Waals surface area contributed by atoms with Gasteiger partial charge in [0.1, 0.15) is 6.04 Å². The van der Waals surface area contributed by atoms with Crippen molar-refractivity contribution in [1.29, 1.82) is 0 Å². The van der Waals surface area contributed by atoms with Crippen LogP contribution in [0.15, 0.2) is 42.5 Å². The predicted molar refractivity (Wildman–Crippen MR) is 129 cm³/mol. The highest BCUT2D eigenvalue weighted by molar-refractivity contribution is 7.92. The lowest BCUT2D eigenvalue weighted by Crippen LogP contribution is -2.50. The van der Waals surface area contributed by atoms with Crippen LogP contribution in [0.3, 0.4) is 0 Å². The maximum atomic E-state index is 13.2. The van der Waals surface area contributed by atoms with Crippen molar-refractivity contribution < 1.29 is 13.2 Å². The number of aryl methyl sites for hydroxylation is 2. The summed E-state index contributed by atoms with van der Waals surface area (Å²) in [4.78, 5) is 13.2. The summed E-state index contributed by atoms with van der Waals surface area (Å²) in [5.41, 5.74) is 4.56. The number of amides is 1. The lowest BCUT2D eigenvalue weighted by atomic mass is 9.86. The van der Waals surface area contributed by atoms with Crippen molar-refractivity contribution in [3.8, 4) is 0 Å². The summed E-state index contributed by atoms with van der Waals surface area (Å²) in [5.74, 6) is -0.304. The normalized spacial score (nSPS) is 14.1. The van der Waals surface area contributed by atoms with Gasteiger partial charge in [0.25, 0.3) is 0 Å². The smallest absolute Gasteiger partial charge is 0.244 e. The standard InChI is InChI=1S/C25H36N2O3S/c1-9-22(27(31(8,29)30)23-16-17(2)10-11-18(23)3)24(28)26-19(4)20-12-14-21(15-13-20)25(5,6)7/h10-16,19,22H,9H2,1-8H3,(H,26,28). The number of anilines is 1. The quantitative estimate of drug-likeness (QED) is 0.652. The molecule has 2 atom stereocenters. The van der Waals surface area contributed by atoms with E-state index in [9.17, 15) is 13.2 Å².